The normalized spacial score (nSPS) is 16.4. The third-order valence-corrected chi connectivity index (χ3v) is 12.6. The quantitative estimate of drug-likeness (QED) is 0.193. The Balaban J connectivity index is 1.01. The molecule has 0 saturated heterocycles. The van der Waals surface area contributed by atoms with Gasteiger partial charge in [-0.05, 0) is 41.5 Å². The van der Waals surface area contributed by atoms with E-state index in [0.717, 1.165) is 38.9 Å². The molecule has 242 valence electrons. The van der Waals surface area contributed by atoms with Crippen LogP contribution in [0.4, 0.5) is 0 Å². The third-order valence-electron chi connectivity index (χ3n) is 10.2. The molecular weight excluding hydrogens is 663 g/mol. The number of furan rings is 1. The predicted octanol–water partition coefficient (Wildman–Crippen LogP) is 12.3. The Bertz CT molecular complexity index is 3010. The van der Waals surface area contributed by atoms with E-state index in [9.17, 15) is 0 Å². The predicted molar refractivity (Wildman–Crippen MR) is 216 cm³/mol. The number of aliphatic imine (C=N–C) groups is 1. The first kappa shape index (κ1) is 29.0. The molecule has 0 bridgehead atoms. The summed E-state index contributed by atoms with van der Waals surface area (Å²) in [5.41, 5.74) is 7.63. The minimum absolute atomic E-state index is 0.157. The topological polar surface area (TPSA) is 49.6 Å². The number of rotatable bonds is 4. The largest absolute Gasteiger partial charge is 0.456 e. The van der Waals surface area contributed by atoms with E-state index >= 15 is 0 Å². The molecule has 0 fully saturated rings. The van der Waals surface area contributed by atoms with Gasteiger partial charge < -0.3 is 9.73 Å². The fourth-order valence-electron chi connectivity index (χ4n) is 7.72. The summed E-state index contributed by atoms with van der Waals surface area (Å²) in [5, 5.41) is 15.0. The van der Waals surface area contributed by atoms with Crippen molar-refractivity contribution >= 4 is 90.8 Å². The Morgan fingerprint density at radius 2 is 1.14 bits per heavy atom. The monoisotopic (exact) mass is 691 g/mol. The fraction of sp³-hybridized carbons (Fsp3) is 0.0444. The van der Waals surface area contributed by atoms with E-state index in [1.807, 2.05) is 40.9 Å². The molecule has 0 saturated carbocycles. The number of nitrogens with zero attached hydrogens (tertiary/aromatic N) is 1. The summed E-state index contributed by atoms with van der Waals surface area (Å²) in [5.74, 6) is 0.838. The molecule has 2 N–H and O–H groups in total. The summed E-state index contributed by atoms with van der Waals surface area (Å²) in [7, 11) is 0. The molecule has 0 radical (unpaired) electrons. The molecule has 4 heterocycles. The van der Waals surface area contributed by atoms with Crippen molar-refractivity contribution in [1.29, 1.82) is 0 Å². The van der Waals surface area contributed by atoms with Crippen LogP contribution in [-0.4, -0.2) is 5.84 Å². The van der Waals surface area contributed by atoms with Gasteiger partial charge in [0.05, 0.1) is 0 Å². The molecule has 7 aromatic carbocycles. The Labute approximate surface area is 301 Å². The zero-order valence-electron chi connectivity index (χ0n) is 27.3. The van der Waals surface area contributed by atoms with E-state index in [0.29, 0.717) is 0 Å². The molecule has 4 nitrogen and oxygen atoms in total. The molecule has 0 spiro atoms. The summed E-state index contributed by atoms with van der Waals surface area (Å²) in [6.45, 7) is 0. The number of thiophene rings is 2. The van der Waals surface area contributed by atoms with Crippen LogP contribution >= 0.6 is 22.7 Å². The standard InChI is InChI=1S/C45H29N3OS2/c1-2-10-26(11-3-1)43-46-44(27-20-22-30-29-12-4-6-18-37(29)49-38(30)24-27)48-45(47-43)28-21-23-32-34-15-9-17-36(42(34)51-40(32)25-28)35-16-8-14-33-31-13-5-7-19-39(31)50-41(33)35/h1-25,43,45,47H,(H,46,48). The van der Waals surface area contributed by atoms with Crippen molar-refractivity contribution in [3.05, 3.63) is 168 Å². The van der Waals surface area contributed by atoms with Crippen LogP contribution in [0.25, 0.3) is 73.4 Å². The molecule has 11 rings (SSSR count). The lowest BCUT2D eigenvalue weighted by molar-refractivity contribution is 0.409. The maximum Gasteiger partial charge on any atom is 0.136 e. The van der Waals surface area contributed by atoms with Gasteiger partial charge in [0.1, 0.15) is 29.3 Å². The number of amidine groups is 1. The smallest absolute Gasteiger partial charge is 0.136 e. The van der Waals surface area contributed by atoms with Crippen LogP contribution in [0.2, 0.25) is 0 Å². The van der Waals surface area contributed by atoms with E-state index in [-0.39, 0.29) is 12.3 Å². The number of benzene rings is 7. The molecule has 1 aliphatic heterocycles. The van der Waals surface area contributed by atoms with Crippen LogP contribution in [0.1, 0.15) is 29.0 Å². The highest BCUT2D eigenvalue weighted by molar-refractivity contribution is 7.27. The Morgan fingerprint density at radius 3 is 1.96 bits per heavy atom. The molecule has 6 heteroatoms. The van der Waals surface area contributed by atoms with Gasteiger partial charge in [-0.15, -0.1) is 22.7 Å². The second kappa shape index (κ2) is 11.4. The van der Waals surface area contributed by atoms with Crippen LogP contribution in [0, 0.1) is 0 Å². The van der Waals surface area contributed by atoms with Crippen molar-refractivity contribution in [2.75, 3.05) is 0 Å². The SMILES string of the molecule is c1ccc(C2N=C(c3ccc4c(c3)oc3ccccc34)NC(c3ccc4c(c3)sc3c(-c5cccc6c5sc5ccccc56)cccc34)N2)cc1. The van der Waals surface area contributed by atoms with Crippen molar-refractivity contribution in [2.24, 2.45) is 4.99 Å². The van der Waals surface area contributed by atoms with Gasteiger partial charge in [-0.3, -0.25) is 5.32 Å². The average Bonchev–Trinajstić information content (AvgIpc) is 3.88. The van der Waals surface area contributed by atoms with Crippen molar-refractivity contribution in [3.8, 4) is 11.1 Å². The maximum absolute atomic E-state index is 6.27. The summed E-state index contributed by atoms with van der Waals surface area (Å²) < 4.78 is 11.5. The Hall–Kier alpha value is -5.79. The lowest BCUT2D eigenvalue weighted by Gasteiger charge is -2.32. The minimum atomic E-state index is -0.217. The highest BCUT2D eigenvalue weighted by atomic mass is 32.1. The van der Waals surface area contributed by atoms with Crippen LogP contribution in [0.15, 0.2) is 161 Å². The first-order valence-corrected chi connectivity index (χ1v) is 18.8. The summed E-state index contributed by atoms with van der Waals surface area (Å²) >= 11 is 3.77. The summed E-state index contributed by atoms with van der Waals surface area (Å²) in [6.07, 6.45) is -0.374. The molecule has 3 aromatic heterocycles. The number of fused-ring (bicyclic) bond motifs is 9. The summed E-state index contributed by atoms with van der Waals surface area (Å²) in [4.78, 5) is 5.20. The Kier molecular flexibility index (Phi) is 6.46. The Morgan fingerprint density at radius 1 is 0.490 bits per heavy atom. The van der Waals surface area contributed by atoms with Gasteiger partial charge in [0.2, 0.25) is 0 Å². The van der Waals surface area contributed by atoms with Gasteiger partial charge >= 0.3 is 0 Å². The fourth-order valence-corrected chi connectivity index (χ4v) is 10.2. The van der Waals surface area contributed by atoms with Crippen LogP contribution in [0.5, 0.6) is 0 Å². The maximum atomic E-state index is 6.27. The molecular formula is C45H29N3OS2. The van der Waals surface area contributed by atoms with Gasteiger partial charge in [-0.2, -0.15) is 0 Å². The van der Waals surface area contributed by atoms with Crippen LogP contribution < -0.4 is 10.6 Å². The van der Waals surface area contributed by atoms with Crippen molar-refractivity contribution < 1.29 is 4.42 Å². The second-order valence-electron chi connectivity index (χ2n) is 13.2. The van der Waals surface area contributed by atoms with Gasteiger partial charge in [-0.25, -0.2) is 4.99 Å². The average molecular weight is 692 g/mol. The lowest BCUT2D eigenvalue weighted by atomic mass is 10.00. The molecule has 51 heavy (non-hydrogen) atoms. The van der Waals surface area contributed by atoms with E-state index in [1.54, 1.807) is 0 Å². The molecule has 10 aromatic rings. The van der Waals surface area contributed by atoms with E-state index in [2.05, 4.69) is 144 Å². The minimum Gasteiger partial charge on any atom is -0.456 e. The molecule has 0 aliphatic carbocycles. The van der Waals surface area contributed by atoms with Gasteiger partial charge in [-0.1, -0.05) is 121 Å². The third kappa shape index (κ3) is 4.65. The van der Waals surface area contributed by atoms with Crippen molar-refractivity contribution in [2.45, 2.75) is 12.3 Å². The second-order valence-corrected chi connectivity index (χ2v) is 15.3. The van der Waals surface area contributed by atoms with E-state index < -0.39 is 0 Å². The van der Waals surface area contributed by atoms with E-state index in [4.69, 9.17) is 9.41 Å². The molecule has 2 atom stereocenters. The van der Waals surface area contributed by atoms with Gasteiger partial charge in [0.25, 0.3) is 0 Å². The molecule has 2 unspecified atom stereocenters. The lowest BCUT2D eigenvalue weighted by Crippen LogP contribution is -2.44. The first-order valence-electron chi connectivity index (χ1n) is 17.2. The summed E-state index contributed by atoms with van der Waals surface area (Å²) in [6, 6.07) is 54.2. The van der Waals surface area contributed by atoms with Gasteiger partial charge in [0.15, 0.2) is 0 Å². The number of hydrogen-bond donors (Lipinski definition) is 2. The van der Waals surface area contributed by atoms with Crippen molar-refractivity contribution in [1.82, 2.24) is 10.6 Å². The number of hydrogen-bond acceptors (Lipinski definition) is 6. The van der Waals surface area contributed by atoms with Gasteiger partial charge in [0, 0.05) is 67.8 Å². The highest BCUT2D eigenvalue weighted by Gasteiger charge is 2.26. The van der Waals surface area contributed by atoms with Crippen LogP contribution in [-0.2, 0) is 0 Å². The zero-order valence-corrected chi connectivity index (χ0v) is 28.9. The molecule has 1 aliphatic rings. The van der Waals surface area contributed by atoms with Crippen LogP contribution in [0.3, 0.4) is 0 Å². The molecule has 0 amide bonds. The van der Waals surface area contributed by atoms with E-state index in [1.165, 1.54) is 57.0 Å². The highest BCUT2D eigenvalue weighted by Crippen LogP contribution is 2.45. The van der Waals surface area contributed by atoms with Crippen molar-refractivity contribution in [3.63, 3.8) is 0 Å². The number of para-hydroxylation sites is 1. The first-order chi connectivity index (χ1) is 25.2. The number of nitrogens with one attached hydrogen (secondary N) is 2. The zero-order chi connectivity index (χ0) is 33.5.